The fourth-order valence-corrected chi connectivity index (χ4v) is 4.15. The maximum Gasteiger partial charge on any atom is 0.240 e. The molecule has 0 fully saturated rings. The third-order valence-corrected chi connectivity index (χ3v) is 5.54. The fraction of sp³-hybridized carbons (Fsp3) is 0.263. The lowest BCUT2D eigenvalue weighted by Gasteiger charge is -2.25. The molecule has 0 aliphatic carbocycles. The molecule has 132 valence electrons. The molecule has 1 amide bonds. The van der Waals surface area contributed by atoms with Gasteiger partial charge in [-0.2, -0.15) is 4.68 Å². The Bertz CT molecular complexity index is 926. The lowest BCUT2D eigenvalue weighted by molar-refractivity contribution is -0.118. The number of nitrogens with zero attached hydrogens (tertiary/aromatic N) is 5. The summed E-state index contributed by atoms with van der Waals surface area (Å²) >= 11 is 1.38. The Morgan fingerprint density at radius 2 is 1.88 bits per heavy atom. The Hall–Kier alpha value is -2.67. The average Bonchev–Trinajstić information content (AvgIpc) is 3.25. The topological polar surface area (TPSA) is 63.9 Å². The molecule has 0 bridgehead atoms. The second-order valence-electron chi connectivity index (χ2n) is 6.36. The third kappa shape index (κ3) is 2.99. The van der Waals surface area contributed by atoms with Gasteiger partial charge in [-0.3, -0.25) is 4.79 Å². The smallest absolute Gasteiger partial charge is 0.240 e. The largest absolute Gasteiger partial charge is 0.308 e. The first kappa shape index (κ1) is 16.8. The van der Waals surface area contributed by atoms with E-state index in [4.69, 9.17) is 0 Å². The van der Waals surface area contributed by atoms with Crippen LogP contribution in [0.1, 0.15) is 19.4 Å². The molecule has 3 aromatic rings. The Labute approximate surface area is 156 Å². The molecule has 1 aliphatic heterocycles. The molecule has 0 radical (unpaired) electrons. The molecule has 7 heteroatoms. The number of tetrazole rings is 1. The van der Waals surface area contributed by atoms with Crippen molar-refractivity contribution >= 4 is 23.4 Å². The molecular weight excluding hydrogens is 346 g/mol. The molecule has 0 unspecified atom stereocenters. The van der Waals surface area contributed by atoms with Crippen molar-refractivity contribution in [2.24, 2.45) is 0 Å². The second kappa shape index (κ2) is 6.92. The Kier molecular flexibility index (Phi) is 4.46. The third-order valence-electron chi connectivity index (χ3n) is 4.52. The summed E-state index contributed by atoms with van der Waals surface area (Å²) < 4.78 is 1.66. The fourth-order valence-electron chi connectivity index (χ4n) is 3.29. The monoisotopic (exact) mass is 365 g/mol. The van der Waals surface area contributed by atoms with Gasteiger partial charge in [0.15, 0.2) is 0 Å². The van der Waals surface area contributed by atoms with Crippen LogP contribution in [0.25, 0.3) is 5.69 Å². The van der Waals surface area contributed by atoms with Crippen LogP contribution in [0, 0.1) is 0 Å². The number of fused-ring (bicyclic) bond motifs is 1. The van der Waals surface area contributed by atoms with Gasteiger partial charge in [-0.05, 0) is 54.5 Å². The van der Waals surface area contributed by atoms with Gasteiger partial charge in [0, 0.05) is 11.7 Å². The van der Waals surface area contributed by atoms with E-state index in [1.807, 2.05) is 60.4 Å². The first-order chi connectivity index (χ1) is 12.6. The Morgan fingerprint density at radius 1 is 1.15 bits per heavy atom. The number of amides is 1. The number of anilines is 1. The van der Waals surface area contributed by atoms with Crippen molar-refractivity contribution in [2.45, 2.75) is 36.7 Å². The van der Waals surface area contributed by atoms with Crippen LogP contribution in [0.4, 0.5) is 5.69 Å². The van der Waals surface area contributed by atoms with Crippen LogP contribution in [-0.4, -0.2) is 37.4 Å². The predicted octanol–water partition coefficient (Wildman–Crippen LogP) is 3.12. The summed E-state index contributed by atoms with van der Waals surface area (Å²) in [5, 5.41) is 12.2. The van der Waals surface area contributed by atoms with E-state index in [2.05, 4.69) is 28.5 Å². The highest BCUT2D eigenvalue weighted by Gasteiger charge is 2.34. The van der Waals surface area contributed by atoms with Crippen LogP contribution in [-0.2, 0) is 11.2 Å². The molecule has 0 saturated carbocycles. The molecule has 2 heterocycles. The van der Waals surface area contributed by atoms with Crippen molar-refractivity contribution in [3.8, 4) is 5.69 Å². The minimum atomic E-state index is -0.294. The molecular formula is C19H19N5OS. The number of aromatic nitrogens is 4. The normalized spacial score (nSPS) is 17.2. The molecule has 6 nitrogen and oxygen atoms in total. The number of benzene rings is 2. The van der Waals surface area contributed by atoms with E-state index in [1.165, 1.54) is 17.3 Å². The molecule has 1 aliphatic rings. The van der Waals surface area contributed by atoms with Crippen molar-refractivity contribution in [3.63, 3.8) is 0 Å². The predicted molar refractivity (Wildman–Crippen MR) is 102 cm³/mol. The first-order valence-electron chi connectivity index (χ1n) is 8.56. The van der Waals surface area contributed by atoms with E-state index in [0.29, 0.717) is 5.16 Å². The van der Waals surface area contributed by atoms with Gasteiger partial charge in [-0.1, -0.05) is 48.2 Å². The molecule has 2 atom stereocenters. The molecule has 0 saturated heterocycles. The number of para-hydroxylation sites is 2. The van der Waals surface area contributed by atoms with Gasteiger partial charge < -0.3 is 4.90 Å². The number of hydrogen-bond donors (Lipinski definition) is 0. The number of rotatable bonds is 4. The summed E-state index contributed by atoms with van der Waals surface area (Å²) in [6.07, 6.45) is 0.890. The van der Waals surface area contributed by atoms with Crippen molar-refractivity contribution in [1.29, 1.82) is 0 Å². The molecule has 0 N–H and O–H groups in total. The van der Waals surface area contributed by atoms with E-state index in [-0.39, 0.29) is 17.2 Å². The van der Waals surface area contributed by atoms with Crippen LogP contribution in [0.5, 0.6) is 0 Å². The maximum absolute atomic E-state index is 13.1. The van der Waals surface area contributed by atoms with Gasteiger partial charge in [0.05, 0.1) is 10.9 Å². The Morgan fingerprint density at radius 3 is 2.69 bits per heavy atom. The zero-order chi connectivity index (χ0) is 18.1. The summed E-state index contributed by atoms with van der Waals surface area (Å²) in [6.45, 7) is 3.99. The molecule has 0 spiro atoms. The Balaban J connectivity index is 1.56. The van der Waals surface area contributed by atoms with Gasteiger partial charge in [0.25, 0.3) is 0 Å². The number of carbonyl (C=O) groups excluding carboxylic acids is 1. The quantitative estimate of drug-likeness (QED) is 0.665. The summed E-state index contributed by atoms with van der Waals surface area (Å²) in [4.78, 5) is 15.0. The van der Waals surface area contributed by atoms with E-state index in [1.54, 1.807) is 4.68 Å². The van der Waals surface area contributed by atoms with Crippen LogP contribution < -0.4 is 4.90 Å². The van der Waals surface area contributed by atoms with Crippen molar-refractivity contribution in [3.05, 3.63) is 60.2 Å². The van der Waals surface area contributed by atoms with Crippen LogP contribution >= 0.6 is 11.8 Å². The molecule has 1 aromatic heterocycles. The molecule has 4 rings (SSSR count). The van der Waals surface area contributed by atoms with Crippen molar-refractivity contribution in [1.82, 2.24) is 20.2 Å². The number of hydrogen-bond acceptors (Lipinski definition) is 5. The number of carbonyl (C=O) groups is 1. The lowest BCUT2D eigenvalue weighted by atomic mass is 10.1. The van der Waals surface area contributed by atoms with Crippen LogP contribution in [0.2, 0.25) is 0 Å². The van der Waals surface area contributed by atoms with Gasteiger partial charge in [0.2, 0.25) is 11.1 Å². The summed E-state index contributed by atoms with van der Waals surface area (Å²) in [6, 6.07) is 17.9. The SMILES string of the molecule is C[C@@H](Sc1nnnn1-c1ccccc1)C(=O)N1c2ccccc2C[C@@H]1C. The minimum absolute atomic E-state index is 0.0788. The first-order valence-corrected chi connectivity index (χ1v) is 9.44. The zero-order valence-electron chi connectivity index (χ0n) is 14.6. The van der Waals surface area contributed by atoms with E-state index >= 15 is 0 Å². The van der Waals surface area contributed by atoms with E-state index in [9.17, 15) is 4.79 Å². The summed E-state index contributed by atoms with van der Waals surface area (Å²) in [5.41, 5.74) is 3.11. The highest BCUT2D eigenvalue weighted by molar-refractivity contribution is 8.00. The zero-order valence-corrected chi connectivity index (χ0v) is 15.4. The van der Waals surface area contributed by atoms with Crippen LogP contribution in [0.15, 0.2) is 59.8 Å². The summed E-state index contributed by atoms with van der Waals surface area (Å²) in [7, 11) is 0. The average molecular weight is 365 g/mol. The molecule has 26 heavy (non-hydrogen) atoms. The minimum Gasteiger partial charge on any atom is -0.308 e. The van der Waals surface area contributed by atoms with Gasteiger partial charge in [-0.25, -0.2) is 0 Å². The van der Waals surface area contributed by atoms with Crippen molar-refractivity contribution in [2.75, 3.05) is 4.90 Å². The standard InChI is InChI=1S/C19H19N5OS/c1-13-12-15-8-6-7-11-17(15)23(13)18(25)14(2)26-19-20-21-22-24(19)16-9-4-3-5-10-16/h3-11,13-14H,12H2,1-2H3/t13-,14+/m0/s1. The highest BCUT2D eigenvalue weighted by atomic mass is 32.2. The number of thioether (sulfide) groups is 1. The van der Waals surface area contributed by atoms with Crippen molar-refractivity contribution < 1.29 is 4.79 Å². The maximum atomic E-state index is 13.1. The van der Waals surface area contributed by atoms with Gasteiger partial charge >= 0.3 is 0 Å². The lowest BCUT2D eigenvalue weighted by Crippen LogP contribution is -2.40. The molecule has 2 aromatic carbocycles. The summed E-state index contributed by atoms with van der Waals surface area (Å²) in [5.74, 6) is 0.0788. The van der Waals surface area contributed by atoms with E-state index < -0.39 is 0 Å². The van der Waals surface area contributed by atoms with E-state index in [0.717, 1.165) is 17.8 Å². The van der Waals surface area contributed by atoms with Crippen LogP contribution in [0.3, 0.4) is 0 Å². The highest BCUT2D eigenvalue weighted by Crippen LogP contribution is 2.34. The van der Waals surface area contributed by atoms with Gasteiger partial charge in [0.1, 0.15) is 0 Å². The van der Waals surface area contributed by atoms with Gasteiger partial charge in [-0.15, -0.1) is 5.10 Å². The second-order valence-corrected chi connectivity index (χ2v) is 7.67.